The molecule has 1 heterocycles. The van der Waals surface area contributed by atoms with Crippen LogP contribution in [0, 0.1) is 12.7 Å². The maximum Gasteiger partial charge on any atom is 0.165 e. The summed E-state index contributed by atoms with van der Waals surface area (Å²) in [4.78, 5) is 0. The Hall–Kier alpha value is -1.09. The van der Waals surface area contributed by atoms with Crippen LogP contribution in [0.15, 0.2) is 12.1 Å². The van der Waals surface area contributed by atoms with Gasteiger partial charge < -0.3 is 10.1 Å². The molecule has 3 heteroatoms. The molecule has 0 amide bonds. The Morgan fingerprint density at radius 1 is 1.44 bits per heavy atom. The molecule has 1 aromatic rings. The molecule has 0 spiro atoms. The molecular weight excluding hydrogens is 205 g/mol. The molecule has 1 aromatic carbocycles. The van der Waals surface area contributed by atoms with Crippen LogP contribution < -0.4 is 10.1 Å². The fourth-order valence-electron chi connectivity index (χ4n) is 2.42. The predicted molar refractivity (Wildman–Crippen MR) is 62.3 cm³/mol. The number of ether oxygens (including phenoxy) is 1. The number of hydrogen-bond donors (Lipinski definition) is 1. The van der Waals surface area contributed by atoms with E-state index < -0.39 is 0 Å². The summed E-state index contributed by atoms with van der Waals surface area (Å²) in [7, 11) is 1.90. The first kappa shape index (κ1) is 11.4. The molecule has 1 aliphatic heterocycles. The molecule has 0 fully saturated rings. The number of hydrogen-bond acceptors (Lipinski definition) is 2. The average molecular weight is 223 g/mol. The molecule has 0 bridgehead atoms. The number of halogens is 1. The second kappa shape index (κ2) is 4.42. The Labute approximate surface area is 95.8 Å². The summed E-state index contributed by atoms with van der Waals surface area (Å²) in [6.07, 6.45) is 2.04. The van der Waals surface area contributed by atoms with Crippen LogP contribution in [-0.4, -0.2) is 13.2 Å². The number of benzene rings is 1. The van der Waals surface area contributed by atoms with Crippen LogP contribution in [0.1, 0.15) is 36.9 Å². The maximum absolute atomic E-state index is 13.6. The highest BCUT2D eigenvalue weighted by Crippen LogP contribution is 2.41. The van der Waals surface area contributed by atoms with Gasteiger partial charge in [-0.25, -0.2) is 4.39 Å². The Kier molecular flexibility index (Phi) is 3.15. The molecular formula is C13H18FNO. The maximum atomic E-state index is 13.6. The number of aryl methyl sites for hydroxylation is 1. The van der Waals surface area contributed by atoms with E-state index in [1.165, 1.54) is 6.07 Å². The third kappa shape index (κ3) is 1.69. The van der Waals surface area contributed by atoms with Gasteiger partial charge in [0.2, 0.25) is 0 Å². The normalized spacial score (nSPS) is 23.0. The van der Waals surface area contributed by atoms with Crippen LogP contribution in [0.25, 0.3) is 0 Å². The monoisotopic (exact) mass is 223 g/mol. The van der Waals surface area contributed by atoms with Crippen molar-refractivity contribution in [2.75, 3.05) is 7.05 Å². The zero-order valence-electron chi connectivity index (χ0n) is 10.0. The van der Waals surface area contributed by atoms with E-state index >= 15 is 0 Å². The van der Waals surface area contributed by atoms with Crippen molar-refractivity contribution in [2.24, 2.45) is 0 Å². The van der Waals surface area contributed by atoms with Gasteiger partial charge in [-0.3, -0.25) is 0 Å². The second-order valence-electron chi connectivity index (χ2n) is 4.32. The van der Waals surface area contributed by atoms with E-state index in [0.717, 1.165) is 24.0 Å². The molecule has 0 saturated heterocycles. The summed E-state index contributed by atoms with van der Waals surface area (Å²) in [6.45, 7) is 4.11. The Morgan fingerprint density at radius 2 is 2.19 bits per heavy atom. The highest BCUT2D eigenvalue weighted by molar-refractivity contribution is 5.46. The highest BCUT2D eigenvalue weighted by Gasteiger charge is 2.35. The molecule has 0 aliphatic carbocycles. The van der Waals surface area contributed by atoms with Crippen molar-refractivity contribution in [1.29, 1.82) is 0 Å². The fourth-order valence-corrected chi connectivity index (χ4v) is 2.42. The van der Waals surface area contributed by atoms with Gasteiger partial charge in [0.25, 0.3) is 0 Å². The van der Waals surface area contributed by atoms with Crippen molar-refractivity contribution in [1.82, 2.24) is 5.32 Å². The van der Waals surface area contributed by atoms with Crippen LogP contribution in [0.2, 0.25) is 0 Å². The first-order valence-electron chi connectivity index (χ1n) is 5.82. The average Bonchev–Trinajstić information content (AvgIpc) is 2.64. The molecule has 2 nitrogen and oxygen atoms in total. The van der Waals surface area contributed by atoms with Crippen LogP contribution in [0.5, 0.6) is 5.75 Å². The quantitative estimate of drug-likeness (QED) is 0.850. The molecule has 0 saturated carbocycles. The Morgan fingerprint density at radius 3 is 2.81 bits per heavy atom. The van der Waals surface area contributed by atoms with Crippen LogP contribution in [0.3, 0.4) is 0 Å². The van der Waals surface area contributed by atoms with Gasteiger partial charge in [-0.05, 0) is 32.0 Å². The molecule has 16 heavy (non-hydrogen) atoms. The van der Waals surface area contributed by atoms with Gasteiger partial charge >= 0.3 is 0 Å². The minimum absolute atomic E-state index is 0.0561. The molecule has 0 radical (unpaired) electrons. The van der Waals surface area contributed by atoms with Gasteiger partial charge in [0.1, 0.15) is 6.10 Å². The lowest BCUT2D eigenvalue weighted by Gasteiger charge is -2.18. The van der Waals surface area contributed by atoms with E-state index in [1.54, 1.807) is 0 Å². The first-order valence-corrected chi connectivity index (χ1v) is 5.82. The minimum atomic E-state index is -0.251. The van der Waals surface area contributed by atoms with Crippen molar-refractivity contribution in [3.8, 4) is 5.75 Å². The smallest absolute Gasteiger partial charge is 0.165 e. The number of likely N-dealkylation sites (N-methyl/N-ethyl adjacent to an activating group) is 1. The van der Waals surface area contributed by atoms with E-state index in [0.29, 0.717) is 5.75 Å². The number of fused-ring (bicyclic) bond motifs is 1. The van der Waals surface area contributed by atoms with Crippen LogP contribution in [0.4, 0.5) is 4.39 Å². The zero-order valence-corrected chi connectivity index (χ0v) is 10.0. The van der Waals surface area contributed by atoms with E-state index in [-0.39, 0.29) is 18.0 Å². The molecule has 0 aromatic heterocycles. The van der Waals surface area contributed by atoms with Crippen molar-refractivity contribution in [3.05, 3.63) is 29.1 Å². The molecule has 2 unspecified atom stereocenters. The lowest BCUT2D eigenvalue weighted by atomic mass is 9.97. The highest BCUT2D eigenvalue weighted by atomic mass is 19.1. The molecule has 1 N–H and O–H groups in total. The third-order valence-electron chi connectivity index (χ3n) is 3.20. The van der Waals surface area contributed by atoms with E-state index in [2.05, 4.69) is 12.2 Å². The molecule has 2 atom stereocenters. The Bertz CT molecular complexity index is 392. The standard InChI is InChI=1S/C13H18FNO/c1-4-5-10-12(15-3)11-8(2)6-7-9(14)13(11)16-10/h6-7,10,12,15H,4-5H2,1-3H3. The number of rotatable bonds is 3. The van der Waals surface area contributed by atoms with E-state index in [4.69, 9.17) is 4.74 Å². The van der Waals surface area contributed by atoms with Gasteiger partial charge in [0.15, 0.2) is 11.6 Å². The number of nitrogens with one attached hydrogen (secondary N) is 1. The summed E-state index contributed by atoms with van der Waals surface area (Å²) >= 11 is 0. The lowest BCUT2D eigenvalue weighted by molar-refractivity contribution is 0.176. The van der Waals surface area contributed by atoms with Gasteiger partial charge in [0.05, 0.1) is 6.04 Å². The van der Waals surface area contributed by atoms with Gasteiger partial charge in [-0.2, -0.15) is 0 Å². The van der Waals surface area contributed by atoms with Crippen LogP contribution >= 0.6 is 0 Å². The van der Waals surface area contributed by atoms with Crippen molar-refractivity contribution < 1.29 is 9.13 Å². The van der Waals surface area contributed by atoms with Gasteiger partial charge in [-0.15, -0.1) is 0 Å². The van der Waals surface area contributed by atoms with Crippen molar-refractivity contribution >= 4 is 0 Å². The predicted octanol–water partition coefficient (Wildman–Crippen LogP) is 2.96. The largest absolute Gasteiger partial charge is 0.485 e. The lowest BCUT2D eigenvalue weighted by Crippen LogP contribution is -2.28. The summed E-state index contributed by atoms with van der Waals surface area (Å²) < 4.78 is 19.4. The summed E-state index contributed by atoms with van der Waals surface area (Å²) in [6, 6.07) is 3.41. The van der Waals surface area contributed by atoms with Gasteiger partial charge in [-0.1, -0.05) is 19.4 Å². The van der Waals surface area contributed by atoms with Gasteiger partial charge in [0, 0.05) is 5.56 Å². The van der Waals surface area contributed by atoms with Crippen molar-refractivity contribution in [2.45, 2.75) is 38.8 Å². The second-order valence-corrected chi connectivity index (χ2v) is 4.32. The first-order chi connectivity index (χ1) is 7.69. The summed E-state index contributed by atoms with van der Waals surface area (Å²) in [5.74, 6) is 0.192. The summed E-state index contributed by atoms with van der Waals surface area (Å²) in [5, 5.41) is 3.23. The minimum Gasteiger partial charge on any atom is -0.485 e. The Balaban J connectivity index is 2.42. The fraction of sp³-hybridized carbons (Fsp3) is 0.538. The SMILES string of the molecule is CCCC1Oc2c(F)ccc(C)c2C1NC. The van der Waals surface area contributed by atoms with Crippen LogP contribution in [-0.2, 0) is 0 Å². The van der Waals surface area contributed by atoms with E-state index in [1.807, 2.05) is 20.0 Å². The molecule has 1 aliphatic rings. The van der Waals surface area contributed by atoms with E-state index in [9.17, 15) is 4.39 Å². The third-order valence-corrected chi connectivity index (χ3v) is 3.20. The zero-order chi connectivity index (χ0) is 11.7. The van der Waals surface area contributed by atoms with Crippen molar-refractivity contribution in [3.63, 3.8) is 0 Å². The summed E-state index contributed by atoms with van der Waals surface area (Å²) in [5.41, 5.74) is 2.08. The topological polar surface area (TPSA) is 21.3 Å². The molecule has 2 rings (SSSR count). The molecule has 88 valence electrons.